The van der Waals surface area contributed by atoms with Crippen molar-refractivity contribution in [3.63, 3.8) is 0 Å². The minimum atomic E-state index is -0.707. The number of Topliss-reactive ketones (excluding diaryl/α,β-unsaturated/α-hetero) is 1. The number of nitro groups is 1. The molecule has 0 atom stereocenters. The average Bonchev–Trinajstić information content (AvgIpc) is 2.66. The fourth-order valence-corrected chi connectivity index (χ4v) is 2.52. The summed E-state index contributed by atoms with van der Waals surface area (Å²) in [4.78, 5) is 46.0. The first-order valence-electron chi connectivity index (χ1n) is 8.25. The van der Waals surface area contributed by atoms with Crippen molar-refractivity contribution in [3.05, 3.63) is 68.2 Å². The smallest absolute Gasteiger partial charge is 0.306 e. The number of rotatable bonds is 8. The van der Waals surface area contributed by atoms with Gasteiger partial charge in [-0.2, -0.15) is 0 Å². The molecule has 0 aliphatic rings. The predicted octanol–water partition coefficient (Wildman–Crippen LogP) is 3.81. The summed E-state index contributed by atoms with van der Waals surface area (Å²) in [5.74, 6) is -1.63. The second-order valence-corrected chi connectivity index (χ2v) is 6.81. The molecule has 0 bridgehead atoms. The Morgan fingerprint density at radius 2 is 1.79 bits per heavy atom. The SMILES string of the molecule is Cc1ccc(C(=O)COC(=O)CCC(=O)Nc2ccc(Br)cc2)cc1[N+](=O)[O-]. The van der Waals surface area contributed by atoms with Gasteiger partial charge in [-0.1, -0.05) is 28.1 Å². The standard InChI is InChI=1S/C19H17BrN2O6/c1-12-2-3-13(10-16(12)22(26)27)17(23)11-28-19(25)9-8-18(24)21-15-6-4-14(20)5-7-15/h2-7,10H,8-9,11H2,1H3,(H,21,24). The largest absolute Gasteiger partial charge is 0.457 e. The molecule has 0 fully saturated rings. The van der Waals surface area contributed by atoms with Crippen LogP contribution in [0.1, 0.15) is 28.8 Å². The van der Waals surface area contributed by atoms with E-state index in [-0.39, 0.29) is 30.0 Å². The van der Waals surface area contributed by atoms with Gasteiger partial charge < -0.3 is 10.1 Å². The second kappa shape index (κ2) is 9.75. The first-order chi connectivity index (χ1) is 13.3. The maximum Gasteiger partial charge on any atom is 0.306 e. The monoisotopic (exact) mass is 448 g/mol. The van der Waals surface area contributed by atoms with E-state index in [1.54, 1.807) is 31.2 Å². The van der Waals surface area contributed by atoms with Crippen molar-refractivity contribution in [2.45, 2.75) is 19.8 Å². The Balaban J connectivity index is 1.79. The number of hydrogen-bond acceptors (Lipinski definition) is 6. The van der Waals surface area contributed by atoms with E-state index in [2.05, 4.69) is 21.2 Å². The van der Waals surface area contributed by atoms with Gasteiger partial charge in [-0.15, -0.1) is 0 Å². The summed E-state index contributed by atoms with van der Waals surface area (Å²) in [6.45, 7) is 1.01. The van der Waals surface area contributed by atoms with Crippen LogP contribution in [-0.4, -0.2) is 29.2 Å². The molecule has 2 aromatic rings. The number of benzene rings is 2. The van der Waals surface area contributed by atoms with Gasteiger partial charge in [0.1, 0.15) is 0 Å². The lowest BCUT2D eigenvalue weighted by atomic mass is 10.1. The highest BCUT2D eigenvalue weighted by Gasteiger charge is 2.16. The number of nitrogens with zero attached hydrogens (tertiary/aromatic N) is 1. The Morgan fingerprint density at radius 3 is 2.43 bits per heavy atom. The molecule has 1 N–H and O–H groups in total. The number of aryl methyl sites for hydroxylation is 1. The molecule has 0 saturated heterocycles. The molecule has 0 spiro atoms. The van der Waals surface area contributed by atoms with E-state index in [4.69, 9.17) is 4.74 Å². The molecule has 0 radical (unpaired) electrons. The van der Waals surface area contributed by atoms with Crippen LogP contribution in [0.5, 0.6) is 0 Å². The maximum absolute atomic E-state index is 12.1. The summed E-state index contributed by atoms with van der Waals surface area (Å²) >= 11 is 3.29. The average molecular weight is 449 g/mol. The summed E-state index contributed by atoms with van der Waals surface area (Å²) in [6.07, 6.45) is -0.289. The lowest BCUT2D eigenvalue weighted by Crippen LogP contribution is -2.17. The highest BCUT2D eigenvalue weighted by atomic mass is 79.9. The minimum absolute atomic E-state index is 0.0816. The van der Waals surface area contributed by atoms with Crippen LogP contribution in [0, 0.1) is 17.0 Å². The number of nitrogens with one attached hydrogen (secondary N) is 1. The van der Waals surface area contributed by atoms with Crippen molar-refractivity contribution < 1.29 is 24.0 Å². The first kappa shape index (κ1) is 21.2. The molecule has 0 aromatic heterocycles. The number of anilines is 1. The first-order valence-corrected chi connectivity index (χ1v) is 9.05. The molecule has 2 aromatic carbocycles. The van der Waals surface area contributed by atoms with Crippen LogP contribution in [0.4, 0.5) is 11.4 Å². The number of ketones is 1. The molecule has 28 heavy (non-hydrogen) atoms. The molecular weight excluding hydrogens is 432 g/mol. The van der Waals surface area contributed by atoms with Gasteiger partial charge in [0, 0.05) is 33.8 Å². The van der Waals surface area contributed by atoms with Crippen molar-refractivity contribution in [3.8, 4) is 0 Å². The Kier molecular flexibility index (Phi) is 7.39. The Hall–Kier alpha value is -3.07. The number of halogens is 1. The molecule has 0 unspecified atom stereocenters. The molecular formula is C19H17BrN2O6. The third-order valence-electron chi connectivity index (χ3n) is 3.78. The summed E-state index contributed by atoms with van der Waals surface area (Å²) in [6, 6.07) is 11.0. The van der Waals surface area contributed by atoms with Gasteiger partial charge in [0.2, 0.25) is 11.7 Å². The van der Waals surface area contributed by atoms with E-state index in [1.165, 1.54) is 12.1 Å². The van der Waals surface area contributed by atoms with Crippen LogP contribution in [0.25, 0.3) is 0 Å². The number of esters is 1. The molecule has 0 aliphatic carbocycles. The zero-order chi connectivity index (χ0) is 20.7. The lowest BCUT2D eigenvalue weighted by Gasteiger charge is -2.06. The molecule has 146 valence electrons. The molecule has 2 rings (SSSR count). The number of carbonyl (C=O) groups excluding carboxylic acids is 3. The fourth-order valence-electron chi connectivity index (χ4n) is 2.25. The Labute approximate surface area is 169 Å². The molecule has 0 heterocycles. The lowest BCUT2D eigenvalue weighted by molar-refractivity contribution is -0.385. The van der Waals surface area contributed by atoms with E-state index in [0.717, 1.165) is 10.5 Å². The van der Waals surface area contributed by atoms with E-state index >= 15 is 0 Å². The van der Waals surface area contributed by atoms with Crippen LogP contribution >= 0.6 is 15.9 Å². The normalized spacial score (nSPS) is 10.2. The van der Waals surface area contributed by atoms with Gasteiger partial charge >= 0.3 is 5.97 Å². The van der Waals surface area contributed by atoms with Crippen LogP contribution in [0.2, 0.25) is 0 Å². The van der Waals surface area contributed by atoms with Gasteiger partial charge in [0.05, 0.1) is 11.3 Å². The topological polar surface area (TPSA) is 116 Å². The van der Waals surface area contributed by atoms with Crippen LogP contribution in [-0.2, 0) is 14.3 Å². The predicted molar refractivity (Wildman–Crippen MR) is 105 cm³/mol. The van der Waals surface area contributed by atoms with Crippen molar-refractivity contribution >= 4 is 45.0 Å². The second-order valence-electron chi connectivity index (χ2n) is 5.90. The van der Waals surface area contributed by atoms with Gasteiger partial charge in [-0.25, -0.2) is 0 Å². The van der Waals surface area contributed by atoms with Crippen LogP contribution in [0.15, 0.2) is 46.9 Å². The number of carbonyl (C=O) groups is 3. The number of amides is 1. The van der Waals surface area contributed by atoms with Crippen molar-refractivity contribution in [2.24, 2.45) is 0 Å². The summed E-state index contributed by atoms with van der Waals surface area (Å²) in [7, 11) is 0. The van der Waals surface area contributed by atoms with E-state index < -0.39 is 23.3 Å². The summed E-state index contributed by atoms with van der Waals surface area (Å²) in [5.41, 5.74) is 0.924. The van der Waals surface area contributed by atoms with Crippen LogP contribution < -0.4 is 5.32 Å². The number of hydrogen-bond donors (Lipinski definition) is 1. The molecule has 0 aliphatic heterocycles. The number of ether oxygens (including phenoxy) is 1. The zero-order valence-corrected chi connectivity index (χ0v) is 16.5. The fraction of sp³-hybridized carbons (Fsp3) is 0.211. The van der Waals surface area contributed by atoms with Crippen molar-refractivity contribution in [1.29, 1.82) is 0 Å². The van der Waals surface area contributed by atoms with E-state index in [0.29, 0.717) is 11.3 Å². The Bertz CT molecular complexity index is 911. The van der Waals surface area contributed by atoms with Crippen molar-refractivity contribution in [1.82, 2.24) is 0 Å². The summed E-state index contributed by atoms with van der Waals surface area (Å²) < 4.78 is 5.73. The summed E-state index contributed by atoms with van der Waals surface area (Å²) in [5, 5.41) is 13.6. The van der Waals surface area contributed by atoms with E-state index in [1.807, 2.05) is 0 Å². The van der Waals surface area contributed by atoms with Gasteiger partial charge in [-0.3, -0.25) is 24.5 Å². The quantitative estimate of drug-likeness (QED) is 0.284. The molecule has 9 heteroatoms. The molecule has 0 saturated carbocycles. The van der Waals surface area contributed by atoms with Gasteiger partial charge in [0.15, 0.2) is 6.61 Å². The van der Waals surface area contributed by atoms with Gasteiger partial charge in [0.25, 0.3) is 5.69 Å². The number of nitro benzene ring substituents is 1. The molecule has 1 amide bonds. The third-order valence-corrected chi connectivity index (χ3v) is 4.30. The third kappa shape index (κ3) is 6.27. The maximum atomic E-state index is 12.1. The zero-order valence-electron chi connectivity index (χ0n) is 14.9. The van der Waals surface area contributed by atoms with Crippen molar-refractivity contribution in [2.75, 3.05) is 11.9 Å². The van der Waals surface area contributed by atoms with Gasteiger partial charge in [-0.05, 0) is 31.2 Å². The molecule has 8 nitrogen and oxygen atoms in total. The minimum Gasteiger partial charge on any atom is -0.457 e. The highest BCUT2D eigenvalue weighted by molar-refractivity contribution is 9.10. The Morgan fingerprint density at radius 1 is 1.11 bits per heavy atom. The van der Waals surface area contributed by atoms with Crippen LogP contribution in [0.3, 0.4) is 0 Å². The van der Waals surface area contributed by atoms with E-state index in [9.17, 15) is 24.5 Å². The highest BCUT2D eigenvalue weighted by Crippen LogP contribution is 2.19.